The third-order valence-corrected chi connectivity index (χ3v) is 2.44. The number of hydrogen-bond acceptors (Lipinski definition) is 5. The number of aromatic nitrogens is 3. The smallest absolute Gasteiger partial charge is 0.181 e. The fourth-order valence-electron chi connectivity index (χ4n) is 1.61. The summed E-state index contributed by atoms with van der Waals surface area (Å²) < 4.78 is 5.21. The number of oxazole rings is 1. The SMILES string of the molecule is O=Cc1cc(-c2ccc3ncoc3c2)ncn1. The number of benzene rings is 1. The van der Waals surface area contributed by atoms with Gasteiger partial charge in [0.15, 0.2) is 18.3 Å². The number of carbonyl (C=O) groups excluding carboxylic acids is 1. The second-order valence-electron chi connectivity index (χ2n) is 3.48. The molecular formula is C12H7N3O2. The van der Waals surface area contributed by atoms with Crippen molar-refractivity contribution in [2.24, 2.45) is 0 Å². The molecule has 3 rings (SSSR count). The van der Waals surface area contributed by atoms with Crippen molar-refractivity contribution in [1.29, 1.82) is 0 Å². The van der Waals surface area contributed by atoms with Gasteiger partial charge in [-0.05, 0) is 18.2 Å². The maximum absolute atomic E-state index is 10.6. The first-order valence-electron chi connectivity index (χ1n) is 4.98. The monoisotopic (exact) mass is 225 g/mol. The van der Waals surface area contributed by atoms with Crippen molar-refractivity contribution in [3.05, 3.63) is 42.7 Å². The van der Waals surface area contributed by atoms with E-state index in [9.17, 15) is 4.79 Å². The maximum atomic E-state index is 10.6. The van der Waals surface area contributed by atoms with Crippen LogP contribution in [0.5, 0.6) is 0 Å². The minimum Gasteiger partial charge on any atom is -0.443 e. The van der Waals surface area contributed by atoms with E-state index in [1.165, 1.54) is 12.7 Å². The molecule has 82 valence electrons. The van der Waals surface area contributed by atoms with Crippen LogP contribution in [0.25, 0.3) is 22.4 Å². The molecule has 0 aliphatic carbocycles. The van der Waals surface area contributed by atoms with E-state index in [1.54, 1.807) is 6.07 Å². The lowest BCUT2D eigenvalue weighted by atomic mass is 10.1. The molecule has 0 aliphatic heterocycles. The van der Waals surface area contributed by atoms with E-state index in [2.05, 4.69) is 15.0 Å². The molecule has 0 N–H and O–H groups in total. The van der Waals surface area contributed by atoms with Gasteiger partial charge in [-0.15, -0.1) is 0 Å². The van der Waals surface area contributed by atoms with Gasteiger partial charge < -0.3 is 4.42 Å². The zero-order valence-corrected chi connectivity index (χ0v) is 8.70. The van der Waals surface area contributed by atoms with Crippen molar-refractivity contribution in [3.8, 4) is 11.3 Å². The van der Waals surface area contributed by atoms with Gasteiger partial charge >= 0.3 is 0 Å². The van der Waals surface area contributed by atoms with Gasteiger partial charge in [-0.25, -0.2) is 15.0 Å². The molecule has 0 saturated heterocycles. The number of aldehydes is 1. The molecule has 5 nitrogen and oxygen atoms in total. The fraction of sp³-hybridized carbons (Fsp3) is 0. The zero-order valence-electron chi connectivity index (χ0n) is 8.70. The van der Waals surface area contributed by atoms with Gasteiger partial charge in [-0.1, -0.05) is 6.07 Å². The lowest BCUT2D eigenvalue weighted by molar-refractivity contribution is 0.111. The number of nitrogens with zero attached hydrogens (tertiary/aromatic N) is 3. The van der Waals surface area contributed by atoms with Crippen molar-refractivity contribution in [2.75, 3.05) is 0 Å². The van der Waals surface area contributed by atoms with Gasteiger partial charge in [-0.3, -0.25) is 4.79 Å². The average molecular weight is 225 g/mol. The lowest BCUT2D eigenvalue weighted by Crippen LogP contribution is -1.90. The van der Waals surface area contributed by atoms with Gasteiger partial charge in [0.25, 0.3) is 0 Å². The van der Waals surface area contributed by atoms with E-state index in [4.69, 9.17) is 4.42 Å². The molecule has 2 aromatic heterocycles. The Hall–Kier alpha value is -2.56. The molecule has 0 saturated carbocycles. The summed E-state index contributed by atoms with van der Waals surface area (Å²) in [5.41, 5.74) is 3.37. The van der Waals surface area contributed by atoms with Crippen LogP contribution >= 0.6 is 0 Å². The van der Waals surface area contributed by atoms with Crippen LogP contribution < -0.4 is 0 Å². The molecular weight excluding hydrogens is 218 g/mol. The van der Waals surface area contributed by atoms with Crippen molar-refractivity contribution in [1.82, 2.24) is 15.0 Å². The fourth-order valence-corrected chi connectivity index (χ4v) is 1.61. The molecule has 17 heavy (non-hydrogen) atoms. The van der Waals surface area contributed by atoms with Crippen molar-refractivity contribution in [3.63, 3.8) is 0 Å². The Morgan fingerprint density at radius 1 is 1.12 bits per heavy atom. The second-order valence-corrected chi connectivity index (χ2v) is 3.48. The summed E-state index contributed by atoms with van der Waals surface area (Å²) in [6.07, 6.45) is 3.45. The predicted molar refractivity (Wildman–Crippen MR) is 60.4 cm³/mol. The molecule has 2 heterocycles. The Bertz CT molecular complexity index is 691. The Balaban J connectivity index is 2.15. The topological polar surface area (TPSA) is 68.9 Å². The van der Waals surface area contributed by atoms with E-state index in [0.717, 1.165) is 11.1 Å². The van der Waals surface area contributed by atoms with Crippen LogP contribution in [0, 0.1) is 0 Å². The molecule has 0 unspecified atom stereocenters. The van der Waals surface area contributed by atoms with Crippen molar-refractivity contribution in [2.45, 2.75) is 0 Å². The molecule has 0 spiro atoms. The van der Waals surface area contributed by atoms with Crippen LogP contribution in [-0.4, -0.2) is 21.2 Å². The summed E-state index contributed by atoms with van der Waals surface area (Å²) in [6, 6.07) is 7.18. The van der Waals surface area contributed by atoms with Crippen LogP contribution in [0.1, 0.15) is 10.5 Å². The highest BCUT2D eigenvalue weighted by Crippen LogP contribution is 2.22. The Kier molecular flexibility index (Phi) is 2.15. The first-order valence-corrected chi connectivity index (χ1v) is 4.98. The molecule has 5 heteroatoms. The molecule has 0 atom stereocenters. The molecule has 0 aliphatic rings. The average Bonchev–Trinajstić information content (AvgIpc) is 2.86. The predicted octanol–water partition coefficient (Wildman–Crippen LogP) is 2.10. The molecule has 3 aromatic rings. The lowest BCUT2D eigenvalue weighted by Gasteiger charge is -2.00. The largest absolute Gasteiger partial charge is 0.443 e. The molecule has 0 bridgehead atoms. The highest BCUT2D eigenvalue weighted by molar-refractivity contribution is 5.80. The minimum atomic E-state index is 0.354. The summed E-state index contributed by atoms with van der Waals surface area (Å²) in [5, 5.41) is 0. The first kappa shape index (κ1) is 9.65. The highest BCUT2D eigenvalue weighted by atomic mass is 16.3. The molecule has 0 fully saturated rings. The summed E-state index contributed by atoms with van der Waals surface area (Å²) in [4.78, 5) is 22.6. The van der Waals surface area contributed by atoms with Gasteiger partial charge in [0, 0.05) is 5.56 Å². The summed E-state index contributed by atoms with van der Waals surface area (Å²) in [6.45, 7) is 0. The van der Waals surface area contributed by atoms with E-state index in [0.29, 0.717) is 23.3 Å². The Morgan fingerprint density at radius 2 is 2.06 bits per heavy atom. The number of carbonyl (C=O) groups is 1. The highest BCUT2D eigenvalue weighted by Gasteiger charge is 2.04. The van der Waals surface area contributed by atoms with Gasteiger partial charge in [-0.2, -0.15) is 0 Å². The number of rotatable bonds is 2. The molecule has 1 aromatic carbocycles. The van der Waals surface area contributed by atoms with E-state index in [1.807, 2.05) is 18.2 Å². The third kappa shape index (κ3) is 1.67. The van der Waals surface area contributed by atoms with E-state index in [-0.39, 0.29) is 0 Å². The van der Waals surface area contributed by atoms with Crippen LogP contribution in [0.15, 0.2) is 41.4 Å². The van der Waals surface area contributed by atoms with E-state index >= 15 is 0 Å². The minimum absolute atomic E-state index is 0.354. The van der Waals surface area contributed by atoms with Crippen LogP contribution in [0.2, 0.25) is 0 Å². The summed E-state index contributed by atoms with van der Waals surface area (Å²) in [5.74, 6) is 0. The van der Waals surface area contributed by atoms with Gasteiger partial charge in [0.2, 0.25) is 0 Å². The Morgan fingerprint density at radius 3 is 2.94 bits per heavy atom. The number of fused-ring (bicyclic) bond motifs is 1. The first-order chi connectivity index (χ1) is 8.36. The van der Waals surface area contributed by atoms with Gasteiger partial charge in [0.1, 0.15) is 17.5 Å². The molecule has 0 amide bonds. The quantitative estimate of drug-likeness (QED) is 0.624. The maximum Gasteiger partial charge on any atom is 0.181 e. The van der Waals surface area contributed by atoms with Crippen LogP contribution in [-0.2, 0) is 0 Å². The van der Waals surface area contributed by atoms with Crippen molar-refractivity contribution < 1.29 is 9.21 Å². The Labute approximate surface area is 96.1 Å². The zero-order chi connectivity index (χ0) is 11.7. The summed E-state index contributed by atoms with van der Waals surface area (Å²) >= 11 is 0. The van der Waals surface area contributed by atoms with Crippen molar-refractivity contribution >= 4 is 17.4 Å². The summed E-state index contributed by atoms with van der Waals surface area (Å²) in [7, 11) is 0. The number of hydrogen-bond donors (Lipinski definition) is 0. The molecule has 0 radical (unpaired) electrons. The third-order valence-electron chi connectivity index (χ3n) is 2.44. The van der Waals surface area contributed by atoms with Crippen LogP contribution in [0.4, 0.5) is 0 Å². The van der Waals surface area contributed by atoms with Gasteiger partial charge in [0.05, 0.1) is 5.69 Å². The van der Waals surface area contributed by atoms with E-state index < -0.39 is 0 Å². The second kappa shape index (κ2) is 3.79. The standard InChI is InChI=1S/C12H7N3O2/c16-5-9-4-11(14-6-13-9)8-1-2-10-12(3-8)17-7-15-10/h1-7H. The van der Waals surface area contributed by atoms with Crippen LogP contribution in [0.3, 0.4) is 0 Å². The normalized spacial score (nSPS) is 10.6.